The lowest BCUT2D eigenvalue weighted by atomic mass is 10.1. The molecule has 0 spiro atoms. The van der Waals surface area contributed by atoms with E-state index in [0.717, 1.165) is 37.2 Å². The second-order valence-corrected chi connectivity index (χ2v) is 6.23. The van der Waals surface area contributed by atoms with E-state index in [2.05, 4.69) is 25.1 Å². The molecule has 0 aliphatic rings. The summed E-state index contributed by atoms with van der Waals surface area (Å²) in [6.45, 7) is 4.90. The number of aryl methyl sites for hydroxylation is 2. The lowest BCUT2D eigenvalue weighted by Gasteiger charge is -2.08. The largest absolute Gasteiger partial charge is 0.464 e. The molecule has 0 aromatic heterocycles. The van der Waals surface area contributed by atoms with Crippen molar-refractivity contribution < 1.29 is 19.0 Å². The number of carbonyl (C=O) groups excluding carboxylic acids is 1. The lowest BCUT2D eigenvalue weighted by Crippen LogP contribution is -2.12. The van der Waals surface area contributed by atoms with E-state index in [9.17, 15) is 4.79 Å². The van der Waals surface area contributed by atoms with Crippen molar-refractivity contribution >= 4 is 5.97 Å². The first kappa shape index (κ1) is 20.0. The quantitative estimate of drug-likeness (QED) is 0.416. The first-order valence-corrected chi connectivity index (χ1v) is 9.24. The summed E-state index contributed by atoms with van der Waals surface area (Å²) >= 11 is 0. The minimum absolute atomic E-state index is 0.0518. The summed E-state index contributed by atoms with van der Waals surface area (Å²) in [6.07, 6.45) is 4.15. The lowest BCUT2D eigenvalue weighted by molar-refractivity contribution is -0.148. The maximum Gasteiger partial charge on any atom is 0.332 e. The van der Waals surface area contributed by atoms with Crippen LogP contribution in [0.2, 0.25) is 0 Å². The van der Waals surface area contributed by atoms with Gasteiger partial charge in [0.25, 0.3) is 0 Å². The summed E-state index contributed by atoms with van der Waals surface area (Å²) in [6, 6.07) is 16.3. The highest BCUT2D eigenvalue weighted by Crippen LogP contribution is 2.22. The van der Waals surface area contributed by atoms with Crippen LogP contribution >= 0.6 is 0 Å². The second-order valence-electron chi connectivity index (χ2n) is 6.23. The Balaban J connectivity index is 1.61. The molecule has 2 aromatic rings. The Morgan fingerprint density at radius 1 is 0.962 bits per heavy atom. The zero-order valence-corrected chi connectivity index (χ0v) is 15.7. The van der Waals surface area contributed by atoms with E-state index in [1.165, 1.54) is 11.1 Å². The molecule has 0 atom stereocenters. The molecule has 4 heteroatoms. The van der Waals surface area contributed by atoms with Crippen LogP contribution < -0.4 is 4.74 Å². The summed E-state index contributed by atoms with van der Waals surface area (Å²) in [5.41, 5.74) is 2.49. The Morgan fingerprint density at radius 3 is 2.50 bits per heavy atom. The molecule has 0 radical (unpaired) electrons. The highest BCUT2D eigenvalue weighted by Gasteiger charge is 2.01. The Hall–Kier alpha value is -2.33. The number of hydrogen-bond acceptors (Lipinski definition) is 4. The Morgan fingerprint density at radius 2 is 1.77 bits per heavy atom. The molecule has 0 bridgehead atoms. The van der Waals surface area contributed by atoms with Gasteiger partial charge in [-0.1, -0.05) is 30.7 Å². The van der Waals surface area contributed by atoms with Crippen LogP contribution in [0, 0.1) is 6.92 Å². The Labute approximate surface area is 156 Å². The van der Waals surface area contributed by atoms with Gasteiger partial charge in [0.05, 0.1) is 6.61 Å². The summed E-state index contributed by atoms with van der Waals surface area (Å²) in [5, 5.41) is 0. The van der Waals surface area contributed by atoms with Crippen LogP contribution in [0.3, 0.4) is 0 Å². The SMILES string of the molecule is CCOC(=O)COCCCCCc1ccc(Oc2cccc(C)c2)cc1. The van der Waals surface area contributed by atoms with E-state index in [1.54, 1.807) is 6.92 Å². The molecular formula is C22H28O4. The van der Waals surface area contributed by atoms with Gasteiger partial charge < -0.3 is 14.2 Å². The summed E-state index contributed by atoms with van der Waals surface area (Å²) in [4.78, 5) is 11.1. The molecule has 0 aliphatic heterocycles. The molecule has 2 aromatic carbocycles. The van der Waals surface area contributed by atoms with Crippen molar-refractivity contribution in [3.63, 3.8) is 0 Å². The molecule has 0 unspecified atom stereocenters. The van der Waals surface area contributed by atoms with Gasteiger partial charge in [0, 0.05) is 6.61 Å². The van der Waals surface area contributed by atoms with Gasteiger partial charge in [0.1, 0.15) is 18.1 Å². The number of carbonyl (C=O) groups is 1. The molecule has 0 heterocycles. The minimum atomic E-state index is -0.291. The van der Waals surface area contributed by atoms with Gasteiger partial charge >= 0.3 is 5.97 Å². The second kappa shape index (κ2) is 11.3. The maximum atomic E-state index is 11.1. The van der Waals surface area contributed by atoms with Crippen LogP contribution in [-0.2, 0) is 20.7 Å². The molecule has 26 heavy (non-hydrogen) atoms. The molecule has 0 aliphatic carbocycles. The van der Waals surface area contributed by atoms with Gasteiger partial charge in [-0.05, 0) is 68.5 Å². The molecule has 0 saturated heterocycles. The number of unbranched alkanes of at least 4 members (excludes halogenated alkanes) is 2. The molecule has 140 valence electrons. The van der Waals surface area contributed by atoms with Crippen molar-refractivity contribution in [2.75, 3.05) is 19.8 Å². The van der Waals surface area contributed by atoms with Gasteiger partial charge in [-0.2, -0.15) is 0 Å². The third-order valence-electron chi connectivity index (χ3n) is 3.93. The normalized spacial score (nSPS) is 10.5. The first-order valence-electron chi connectivity index (χ1n) is 9.24. The molecule has 0 saturated carbocycles. The topological polar surface area (TPSA) is 44.8 Å². The Bertz CT molecular complexity index is 664. The van der Waals surface area contributed by atoms with Crippen molar-refractivity contribution in [3.05, 3.63) is 59.7 Å². The molecule has 2 rings (SSSR count). The molecule has 0 fully saturated rings. The zero-order chi connectivity index (χ0) is 18.6. The fourth-order valence-electron chi connectivity index (χ4n) is 2.61. The van der Waals surface area contributed by atoms with Crippen LogP contribution in [0.25, 0.3) is 0 Å². The average molecular weight is 356 g/mol. The van der Waals surface area contributed by atoms with Gasteiger partial charge in [0.15, 0.2) is 0 Å². The van der Waals surface area contributed by atoms with Crippen molar-refractivity contribution in [1.29, 1.82) is 0 Å². The van der Waals surface area contributed by atoms with Crippen LogP contribution in [0.4, 0.5) is 0 Å². The fraction of sp³-hybridized carbons (Fsp3) is 0.409. The van der Waals surface area contributed by atoms with E-state index in [0.29, 0.717) is 13.2 Å². The third kappa shape index (κ3) is 7.70. The van der Waals surface area contributed by atoms with Crippen LogP contribution in [0.15, 0.2) is 48.5 Å². The molecule has 4 nitrogen and oxygen atoms in total. The van der Waals surface area contributed by atoms with Crippen molar-refractivity contribution in [3.8, 4) is 11.5 Å². The summed E-state index contributed by atoms with van der Waals surface area (Å²) in [7, 11) is 0. The smallest absolute Gasteiger partial charge is 0.332 e. The third-order valence-corrected chi connectivity index (χ3v) is 3.93. The predicted octanol–water partition coefficient (Wildman–Crippen LogP) is 5.08. The highest BCUT2D eigenvalue weighted by molar-refractivity contribution is 5.70. The van der Waals surface area contributed by atoms with E-state index >= 15 is 0 Å². The number of benzene rings is 2. The Kier molecular flexibility index (Phi) is 8.70. The van der Waals surface area contributed by atoms with Crippen LogP contribution in [0.5, 0.6) is 11.5 Å². The maximum absolute atomic E-state index is 11.1. The van der Waals surface area contributed by atoms with Gasteiger partial charge in [-0.3, -0.25) is 0 Å². The van der Waals surface area contributed by atoms with Gasteiger partial charge in [0.2, 0.25) is 0 Å². The number of esters is 1. The highest BCUT2D eigenvalue weighted by atomic mass is 16.6. The van der Waals surface area contributed by atoms with Crippen LogP contribution in [0.1, 0.15) is 37.3 Å². The van der Waals surface area contributed by atoms with Crippen molar-refractivity contribution in [2.24, 2.45) is 0 Å². The standard InChI is InChI=1S/C22H28O4/c1-3-25-22(23)17-24-15-6-4-5-9-19-11-13-20(14-12-19)26-21-10-7-8-18(2)16-21/h7-8,10-14,16H,3-6,9,15,17H2,1-2H3. The number of hydrogen-bond donors (Lipinski definition) is 0. The van der Waals surface area contributed by atoms with Crippen molar-refractivity contribution in [1.82, 2.24) is 0 Å². The first-order chi connectivity index (χ1) is 12.7. The van der Waals surface area contributed by atoms with E-state index < -0.39 is 0 Å². The van der Waals surface area contributed by atoms with Crippen molar-refractivity contribution in [2.45, 2.75) is 39.5 Å². The zero-order valence-electron chi connectivity index (χ0n) is 15.7. The predicted molar refractivity (Wildman–Crippen MR) is 103 cm³/mol. The molecular weight excluding hydrogens is 328 g/mol. The van der Waals surface area contributed by atoms with Gasteiger partial charge in [-0.25, -0.2) is 4.79 Å². The molecule has 0 amide bonds. The summed E-state index contributed by atoms with van der Waals surface area (Å²) in [5.74, 6) is 1.42. The fourth-order valence-corrected chi connectivity index (χ4v) is 2.61. The van der Waals surface area contributed by atoms with Gasteiger partial charge in [-0.15, -0.1) is 0 Å². The number of rotatable bonds is 11. The monoisotopic (exact) mass is 356 g/mol. The minimum Gasteiger partial charge on any atom is -0.464 e. The van der Waals surface area contributed by atoms with E-state index in [1.807, 2.05) is 30.3 Å². The van der Waals surface area contributed by atoms with E-state index in [-0.39, 0.29) is 12.6 Å². The molecule has 0 N–H and O–H groups in total. The summed E-state index contributed by atoms with van der Waals surface area (Å²) < 4.78 is 16.0. The number of ether oxygens (including phenoxy) is 3. The average Bonchev–Trinajstić information content (AvgIpc) is 2.62. The van der Waals surface area contributed by atoms with Crippen LogP contribution in [-0.4, -0.2) is 25.8 Å². The van der Waals surface area contributed by atoms with E-state index in [4.69, 9.17) is 14.2 Å².